The minimum atomic E-state index is -3.95. The molecule has 0 aliphatic carbocycles. The van der Waals surface area contributed by atoms with Crippen LogP contribution in [-0.4, -0.2) is 57.1 Å². The lowest BCUT2D eigenvalue weighted by atomic mass is 10.1. The molecule has 2 atom stereocenters. The topological polar surface area (TPSA) is 96.0 Å². The smallest absolute Gasteiger partial charge is 0.244 e. The lowest BCUT2D eigenvalue weighted by molar-refractivity contribution is -0.140. The molecule has 8 nitrogen and oxygen atoms in total. The maximum atomic E-state index is 13.7. The summed E-state index contributed by atoms with van der Waals surface area (Å²) >= 11 is 6.11. The molecule has 2 aromatic carbocycles. The van der Waals surface area contributed by atoms with Gasteiger partial charge in [-0.3, -0.25) is 13.9 Å². The Kier molecular flexibility index (Phi) is 10.5. The van der Waals surface area contributed by atoms with E-state index in [0.717, 1.165) is 10.6 Å². The van der Waals surface area contributed by atoms with E-state index >= 15 is 0 Å². The van der Waals surface area contributed by atoms with Gasteiger partial charge in [-0.05, 0) is 55.7 Å². The van der Waals surface area contributed by atoms with Crippen molar-refractivity contribution in [3.63, 3.8) is 0 Å². The highest BCUT2D eigenvalue weighted by atomic mass is 35.5. The number of hydrogen-bond acceptors (Lipinski definition) is 5. The molecule has 2 rings (SSSR count). The highest BCUT2D eigenvalue weighted by molar-refractivity contribution is 7.92. The molecule has 0 aliphatic heterocycles. The maximum Gasteiger partial charge on any atom is 0.244 e. The van der Waals surface area contributed by atoms with E-state index in [1.54, 1.807) is 13.0 Å². The van der Waals surface area contributed by atoms with Crippen molar-refractivity contribution >= 4 is 39.1 Å². The second-order valence-corrected chi connectivity index (χ2v) is 10.8. The monoisotopic (exact) mass is 541 g/mol. The van der Waals surface area contributed by atoms with Crippen molar-refractivity contribution in [2.24, 2.45) is 0 Å². The van der Waals surface area contributed by atoms with Crippen LogP contribution in [0.4, 0.5) is 10.1 Å². The molecule has 0 radical (unpaired) electrons. The van der Waals surface area contributed by atoms with E-state index in [9.17, 15) is 22.4 Å². The Hall–Kier alpha value is -2.85. The zero-order valence-electron chi connectivity index (χ0n) is 21.1. The summed E-state index contributed by atoms with van der Waals surface area (Å²) in [5, 5.41) is 3.15. The number of benzene rings is 2. The SMILES string of the molecule is CCC(C)NC(=O)C(CC)N(Cc1ccc(F)cc1)C(=O)CN(c1cc(Cl)ccc1OC)S(C)(=O)=O. The molecule has 198 valence electrons. The minimum Gasteiger partial charge on any atom is -0.495 e. The van der Waals surface area contributed by atoms with E-state index < -0.39 is 34.3 Å². The molecule has 0 aromatic heterocycles. The Morgan fingerprint density at radius 3 is 2.28 bits per heavy atom. The molecule has 0 fully saturated rings. The van der Waals surface area contributed by atoms with Gasteiger partial charge in [0.25, 0.3) is 0 Å². The van der Waals surface area contributed by atoms with Crippen molar-refractivity contribution < 1.29 is 27.1 Å². The Labute approximate surface area is 217 Å². The quantitative estimate of drug-likeness (QED) is 0.438. The number of anilines is 1. The van der Waals surface area contributed by atoms with Crippen molar-refractivity contribution in [3.8, 4) is 5.75 Å². The first-order valence-corrected chi connectivity index (χ1v) is 13.8. The van der Waals surface area contributed by atoms with E-state index in [1.165, 1.54) is 48.4 Å². The second kappa shape index (κ2) is 12.9. The van der Waals surface area contributed by atoms with Crippen LogP contribution in [0.25, 0.3) is 0 Å². The summed E-state index contributed by atoms with van der Waals surface area (Å²) in [6, 6.07) is 9.01. The molecular formula is C25H33ClFN3O5S. The van der Waals surface area contributed by atoms with Crippen LogP contribution >= 0.6 is 11.6 Å². The van der Waals surface area contributed by atoms with Gasteiger partial charge in [-0.25, -0.2) is 12.8 Å². The highest BCUT2D eigenvalue weighted by Gasteiger charge is 2.33. The van der Waals surface area contributed by atoms with Gasteiger partial charge < -0.3 is 15.0 Å². The van der Waals surface area contributed by atoms with Gasteiger partial charge in [0.1, 0.15) is 24.2 Å². The molecule has 2 unspecified atom stereocenters. The van der Waals surface area contributed by atoms with Gasteiger partial charge in [0.2, 0.25) is 21.8 Å². The molecule has 2 amide bonds. The first kappa shape index (κ1) is 29.4. The number of carbonyl (C=O) groups is 2. The Morgan fingerprint density at radius 2 is 1.75 bits per heavy atom. The van der Waals surface area contributed by atoms with Crippen molar-refractivity contribution in [1.82, 2.24) is 10.2 Å². The summed E-state index contributed by atoms with van der Waals surface area (Å²) in [5.74, 6) is -1.19. The Morgan fingerprint density at radius 1 is 1.11 bits per heavy atom. The van der Waals surface area contributed by atoms with Crippen molar-refractivity contribution in [3.05, 3.63) is 58.9 Å². The van der Waals surface area contributed by atoms with Gasteiger partial charge in [0.05, 0.1) is 19.1 Å². The summed E-state index contributed by atoms with van der Waals surface area (Å²) in [4.78, 5) is 28.1. The lowest BCUT2D eigenvalue weighted by Gasteiger charge is -2.33. The molecule has 11 heteroatoms. The van der Waals surface area contributed by atoms with Crippen LogP contribution in [0.15, 0.2) is 42.5 Å². The molecule has 0 aliphatic rings. The Balaban J connectivity index is 2.50. The van der Waals surface area contributed by atoms with Gasteiger partial charge in [-0.15, -0.1) is 0 Å². The van der Waals surface area contributed by atoms with Gasteiger partial charge in [-0.2, -0.15) is 0 Å². The number of nitrogens with zero attached hydrogens (tertiary/aromatic N) is 2. The predicted molar refractivity (Wildman–Crippen MR) is 139 cm³/mol. The number of amides is 2. The first-order chi connectivity index (χ1) is 16.9. The summed E-state index contributed by atoms with van der Waals surface area (Å²) in [5.41, 5.74) is 0.686. The fourth-order valence-electron chi connectivity index (χ4n) is 3.60. The van der Waals surface area contributed by atoms with E-state index in [4.69, 9.17) is 16.3 Å². The molecule has 0 saturated carbocycles. The lowest BCUT2D eigenvalue weighted by Crippen LogP contribution is -2.53. The van der Waals surface area contributed by atoms with Crippen molar-refractivity contribution in [2.75, 3.05) is 24.2 Å². The normalized spacial score (nSPS) is 13.0. The predicted octanol–water partition coefficient (Wildman–Crippen LogP) is 3.98. The number of rotatable bonds is 12. The van der Waals surface area contributed by atoms with Crippen LogP contribution in [0.3, 0.4) is 0 Å². The zero-order chi connectivity index (χ0) is 27.0. The third-order valence-electron chi connectivity index (χ3n) is 5.74. The number of hydrogen-bond donors (Lipinski definition) is 1. The van der Waals surface area contributed by atoms with Gasteiger partial charge in [0, 0.05) is 17.6 Å². The third kappa shape index (κ3) is 7.83. The number of carbonyl (C=O) groups excluding carboxylic acids is 2. The van der Waals surface area contributed by atoms with Gasteiger partial charge >= 0.3 is 0 Å². The maximum absolute atomic E-state index is 13.7. The molecule has 0 heterocycles. The van der Waals surface area contributed by atoms with Crippen LogP contribution in [0.1, 0.15) is 39.2 Å². The number of ether oxygens (including phenoxy) is 1. The number of methoxy groups -OCH3 is 1. The van der Waals surface area contributed by atoms with E-state index in [-0.39, 0.29) is 41.4 Å². The first-order valence-electron chi connectivity index (χ1n) is 11.6. The zero-order valence-corrected chi connectivity index (χ0v) is 22.7. The molecule has 0 saturated heterocycles. The van der Waals surface area contributed by atoms with Crippen molar-refractivity contribution in [2.45, 2.75) is 52.2 Å². The largest absolute Gasteiger partial charge is 0.495 e. The fourth-order valence-corrected chi connectivity index (χ4v) is 4.61. The number of nitrogens with one attached hydrogen (secondary N) is 1. The summed E-state index contributed by atoms with van der Waals surface area (Å²) in [6.45, 7) is 4.93. The summed E-state index contributed by atoms with van der Waals surface area (Å²) < 4.78 is 45.2. The van der Waals surface area contributed by atoms with E-state index in [1.807, 2.05) is 13.8 Å². The van der Waals surface area contributed by atoms with E-state index in [2.05, 4.69) is 5.32 Å². The highest BCUT2D eigenvalue weighted by Crippen LogP contribution is 2.33. The van der Waals surface area contributed by atoms with Crippen LogP contribution < -0.4 is 14.4 Å². The molecule has 0 bridgehead atoms. The van der Waals surface area contributed by atoms with Gasteiger partial charge in [0.15, 0.2) is 0 Å². The molecular weight excluding hydrogens is 509 g/mol. The average molecular weight is 542 g/mol. The summed E-state index contributed by atoms with van der Waals surface area (Å²) in [7, 11) is -2.58. The van der Waals surface area contributed by atoms with Crippen LogP contribution in [0, 0.1) is 5.82 Å². The van der Waals surface area contributed by atoms with Crippen LogP contribution in [-0.2, 0) is 26.2 Å². The number of sulfonamides is 1. The third-order valence-corrected chi connectivity index (χ3v) is 7.10. The fraction of sp³-hybridized carbons (Fsp3) is 0.440. The standard InChI is InChI=1S/C25H33ClFN3O5S/c1-6-17(3)28-25(32)21(7-2)29(15-18-8-11-20(27)12-9-18)24(31)16-30(36(5,33)34)22-14-19(26)10-13-23(22)35-4/h8-14,17,21H,6-7,15-16H2,1-5H3,(H,28,32). The molecule has 1 N–H and O–H groups in total. The number of halogens is 2. The average Bonchev–Trinajstić information content (AvgIpc) is 2.82. The molecule has 0 spiro atoms. The Bertz CT molecular complexity index is 1160. The van der Waals surface area contributed by atoms with Crippen LogP contribution in [0.5, 0.6) is 5.75 Å². The molecule has 36 heavy (non-hydrogen) atoms. The van der Waals surface area contributed by atoms with Crippen molar-refractivity contribution in [1.29, 1.82) is 0 Å². The molecule has 2 aromatic rings. The minimum absolute atomic E-state index is 0.0180. The summed E-state index contributed by atoms with van der Waals surface area (Å²) in [6.07, 6.45) is 1.96. The second-order valence-electron chi connectivity index (χ2n) is 8.48. The van der Waals surface area contributed by atoms with E-state index in [0.29, 0.717) is 12.0 Å². The van der Waals surface area contributed by atoms with Gasteiger partial charge in [-0.1, -0.05) is 37.6 Å². The van der Waals surface area contributed by atoms with Crippen LogP contribution in [0.2, 0.25) is 5.02 Å².